The monoisotopic (exact) mass is 305 g/mol. The van der Waals surface area contributed by atoms with Crippen LogP contribution in [-0.2, 0) is 10.2 Å². The summed E-state index contributed by atoms with van der Waals surface area (Å²) in [5, 5.41) is 10.0. The van der Waals surface area contributed by atoms with Gasteiger partial charge in [-0.25, -0.2) is 0 Å². The van der Waals surface area contributed by atoms with Gasteiger partial charge in [-0.15, -0.1) is 0 Å². The highest BCUT2D eigenvalue weighted by atomic mass is 16.4. The van der Waals surface area contributed by atoms with E-state index in [4.69, 9.17) is 5.73 Å². The summed E-state index contributed by atoms with van der Waals surface area (Å²) in [5.41, 5.74) is 11.8. The van der Waals surface area contributed by atoms with Crippen LogP contribution in [0.5, 0.6) is 0 Å². The zero-order valence-electron chi connectivity index (χ0n) is 15.1. The number of hydrogen-bond acceptors (Lipinski definition) is 2. The molecule has 3 N–H and O–H groups in total. The minimum absolute atomic E-state index is 0.135. The number of hydrogen-bond donors (Lipinski definition) is 2. The van der Waals surface area contributed by atoms with Crippen molar-refractivity contribution in [1.82, 2.24) is 0 Å². The highest BCUT2D eigenvalue weighted by Crippen LogP contribution is 2.39. The third-order valence-electron chi connectivity index (χ3n) is 5.63. The molecule has 22 heavy (non-hydrogen) atoms. The average molecular weight is 305 g/mol. The molecule has 0 aliphatic heterocycles. The van der Waals surface area contributed by atoms with Crippen molar-refractivity contribution in [3.05, 3.63) is 33.4 Å². The van der Waals surface area contributed by atoms with E-state index in [0.717, 1.165) is 23.1 Å². The van der Waals surface area contributed by atoms with Crippen LogP contribution in [0.2, 0.25) is 0 Å². The van der Waals surface area contributed by atoms with E-state index >= 15 is 0 Å². The number of nitrogens with two attached hydrogens (primary N) is 1. The van der Waals surface area contributed by atoms with E-state index in [0.29, 0.717) is 12.3 Å². The second kappa shape index (κ2) is 6.82. The third kappa shape index (κ3) is 2.91. The first-order valence-electron chi connectivity index (χ1n) is 8.14. The normalized spacial score (nSPS) is 15.5. The van der Waals surface area contributed by atoms with Gasteiger partial charge in [0.05, 0.1) is 0 Å². The molecule has 0 radical (unpaired) electrons. The molecule has 0 aliphatic carbocycles. The molecule has 3 nitrogen and oxygen atoms in total. The van der Waals surface area contributed by atoms with E-state index in [1.54, 1.807) is 0 Å². The Labute approximate surface area is 134 Å². The van der Waals surface area contributed by atoms with E-state index in [2.05, 4.69) is 34.6 Å². The molecule has 0 spiro atoms. The van der Waals surface area contributed by atoms with E-state index in [-0.39, 0.29) is 6.54 Å². The number of carboxylic acids is 1. The van der Waals surface area contributed by atoms with Gasteiger partial charge in [-0.1, -0.05) is 20.3 Å². The van der Waals surface area contributed by atoms with Crippen molar-refractivity contribution in [3.8, 4) is 0 Å². The lowest BCUT2D eigenvalue weighted by Gasteiger charge is -2.35. The van der Waals surface area contributed by atoms with Crippen LogP contribution in [0.25, 0.3) is 0 Å². The maximum Gasteiger partial charge on any atom is 0.315 e. The molecule has 0 saturated heterocycles. The number of benzene rings is 1. The highest BCUT2D eigenvalue weighted by molar-refractivity contribution is 5.83. The predicted octanol–water partition coefficient (Wildman–Crippen LogP) is 3.95. The van der Waals surface area contributed by atoms with Gasteiger partial charge in [-0.3, -0.25) is 4.79 Å². The van der Waals surface area contributed by atoms with Crippen molar-refractivity contribution >= 4 is 5.97 Å². The van der Waals surface area contributed by atoms with Crippen molar-refractivity contribution < 1.29 is 9.90 Å². The summed E-state index contributed by atoms with van der Waals surface area (Å²) < 4.78 is 0. The van der Waals surface area contributed by atoms with Crippen LogP contribution < -0.4 is 5.73 Å². The van der Waals surface area contributed by atoms with Gasteiger partial charge in [0.25, 0.3) is 0 Å². The first kappa shape index (κ1) is 18.7. The molecule has 0 amide bonds. The standard InChI is InChI=1S/C19H31NO2/c1-8-11(2)9-19(10-20,18(21)22)17-15(6)13(4)12(3)14(5)16(17)7/h11H,8-10,20H2,1-7H3,(H,21,22). The van der Waals surface area contributed by atoms with Crippen LogP contribution in [0.1, 0.15) is 60.1 Å². The molecule has 0 heterocycles. The van der Waals surface area contributed by atoms with Crippen molar-refractivity contribution in [3.63, 3.8) is 0 Å². The molecule has 0 bridgehead atoms. The summed E-state index contributed by atoms with van der Waals surface area (Å²) in [6, 6.07) is 0. The fraction of sp³-hybridized carbons (Fsp3) is 0.632. The van der Waals surface area contributed by atoms with Crippen molar-refractivity contribution in [2.45, 2.75) is 66.7 Å². The van der Waals surface area contributed by atoms with Gasteiger partial charge >= 0.3 is 5.97 Å². The summed E-state index contributed by atoms with van der Waals surface area (Å²) in [4.78, 5) is 12.2. The van der Waals surface area contributed by atoms with Crippen LogP contribution in [0.3, 0.4) is 0 Å². The number of carbonyl (C=O) groups is 1. The lowest BCUT2D eigenvalue weighted by atomic mass is 9.68. The first-order valence-corrected chi connectivity index (χ1v) is 8.14. The summed E-state index contributed by atoms with van der Waals surface area (Å²) in [6.07, 6.45) is 1.54. The quantitative estimate of drug-likeness (QED) is 0.836. The Morgan fingerprint density at radius 2 is 1.45 bits per heavy atom. The van der Waals surface area contributed by atoms with Gasteiger partial charge in [0.2, 0.25) is 0 Å². The van der Waals surface area contributed by atoms with Gasteiger partial charge in [0.1, 0.15) is 5.41 Å². The van der Waals surface area contributed by atoms with Crippen molar-refractivity contribution in [2.75, 3.05) is 6.54 Å². The van der Waals surface area contributed by atoms with Crippen LogP contribution in [-0.4, -0.2) is 17.6 Å². The van der Waals surface area contributed by atoms with E-state index in [1.165, 1.54) is 16.7 Å². The maximum absolute atomic E-state index is 12.2. The number of carboxylic acid groups (broad SMARTS) is 1. The summed E-state index contributed by atoms with van der Waals surface area (Å²) in [5.74, 6) is -0.482. The molecular formula is C19H31NO2. The van der Waals surface area contributed by atoms with Crippen LogP contribution >= 0.6 is 0 Å². The molecule has 1 rings (SSSR count). The van der Waals surface area contributed by atoms with E-state index in [9.17, 15) is 9.90 Å². The average Bonchev–Trinajstić information content (AvgIpc) is 2.49. The second-order valence-electron chi connectivity index (χ2n) is 6.81. The minimum Gasteiger partial charge on any atom is -0.481 e. The largest absolute Gasteiger partial charge is 0.481 e. The second-order valence-corrected chi connectivity index (χ2v) is 6.81. The molecule has 1 aromatic carbocycles. The van der Waals surface area contributed by atoms with Gasteiger partial charge in [0.15, 0.2) is 0 Å². The Morgan fingerprint density at radius 1 is 1.05 bits per heavy atom. The smallest absolute Gasteiger partial charge is 0.315 e. The van der Waals surface area contributed by atoms with E-state index < -0.39 is 11.4 Å². The van der Waals surface area contributed by atoms with Crippen LogP contribution in [0.4, 0.5) is 0 Å². The Kier molecular flexibility index (Phi) is 5.80. The van der Waals surface area contributed by atoms with Crippen molar-refractivity contribution in [1.29, 1.82) is 0 Å². The topological polar surface area (TPSA) is 63.3 Å². The number of rotatable bonds is 6. The molecule has 0 aromatic heterocycles. The molecule has 1 aromatic rings. The molecule has 2 atom stereocenters. The van der Waals surface area contributed by atoms with Gasteiger partial charge in [-0.05, 0) is 80.3 Å². The summed E-state index contributed by atoms with van der Waals surface area (Å²) in [7, 11) is 0. The lowest BCUT2D eigenvalue weighted by Crippen LogP contribution is -2.45. The molecule has 0 aliphatic rings. The summed E-state index contributed by atoms with van der Waals surface area (Å²) in [6.45, 7) is 14.7. The molecule has 124 valence electrons. The van der Waals surface area contributed by atoms with Gasteiger partial charge in [0, 0.05) is 6.54 Å². The number of aliphatic carboxylic acids is 1. The van der Waals surface area contributed by atoms with E-state index in [1.807, 2.05) is 13.8 Å². The highest BCUT2D eigenvalue weighted by Gasteiger charge is 2.43. The molecule has 0 fully saturated rings. The lowest BCUT2D eigenvalue weighted by molar-refractivity contribution is -0.144. The fourth-order valence-corrected chi connectivity index (χ4v) is 3.53. The molecule has 2 unspecified atom stereocenters. The van der Waals surface area contributed by atoms with Crippen LogP contribution in [0.15, 0.2) is 0 Å². The Bertz CT molecular complexity index is 548. The minimum atomic E-state index is -0.993. The van der Waals surface area contributed by atoms with Crippen LogP contribution in [0, 0.1) is 40.5 Å². The summed E-state index contributed by atoms with van der Waals surface area (Å²) >= 11 is 0. The zero-order valence-corrected chi connectivity index (χ0v) is 15.1. The fourth-order valence-electron chi connectivity index (χ4n) is 3.53. The first-order chi connectivity index (χ1) is 10.1. The Hall–Kier alpha value is -1.35. The zero-order chi connectivity index (χ0) is 17.2. The SMILES string of the molecule is CCC(C)CC(CN)(C(=O)O)c1c(C)c(C)c(C)c(C)c1C. The third-order valence-corrected chi connectivity index (χ3v) is 5.63. The molecule has 3 heteroatoms. The Balaban J connectivity index is 3.74. The maximum atomic E-state index is 12.2. The predicted molar refractivity (Wildman–Crippen MR) is 92.6 cm³/mol. The van der Waals surface area contributed by atoms with Crippen molar-refractivity contribution in [2.24, 2.45) is 11.7 Å². The molecular weight excluding hydrogens is 274 g/mol. The Morgan fingerprint density at radius 3 is 1.77 bits per heavy atom. The van der Waals surface area contributed by atoms with Gasteiger partial charge in [-0.2, -0.15) is 0 Å². The molecule has 0 saturated carbocycles. The van der Waals surface area contributed by atoms with Gasteiger partial charge < -0.3 is 10.8 Å².